The van der Waals surface area contributed by atoms with Crippen LogP contribution in [0.2, 0.25) is 0 Å². The molecule has 3 N–H and O–H groups in total. The summed E-state index contributed by atoms with van der Waals surface area (Å²) in [6, 6.07) is 1.85. The van der Waals surface area contributed by atoms with Crippen molar-refractivity contribution >= 4 is 21.6 Å². The van der Waals surface area contributed by atoms with Crippen LogP contribution in [0.4, 0.5) is 11.4 Å². The summed E-state index contributed by atoms with van der Waals surface area (Å²) in [7, 11) is -3.44. The van der Waals surface area contributed by atoms with Crippen LogP contribution in [0.1, 0.15) is 20.8 Å². The van der Waals surface area contributed by atoms with Gasteiger partial charge in [-0.15, -0.1) is 0 Å². The van der Waals surface area contributed by atoms with Gasteiger partial charge >= 0.3 is 0 Å². The van der Waals surface area contributed by atoms with E-state index in [1.165, 1.54) is 4.31 Å². The minimum absolute atomic E-state index is 0.438. The molecule has 7 nitrogen and oxygen atoms in total. The highest BCUT2D eigenvalue weighted by atomic mass is 32.2. The molecule has 0 unspecified atom stereocenters. The first-order valence-electron chi connectivity index (χ1n) is 6.92. The van der Waals surface area contributed by atoms with Crippen molar-refractivity contribution in [3.05, 3.63) is 18.5 Å². The lowest BCUT2D eigenvalue weighted by molar-refractivity contribution is 0.365. The highest BCUT2D eigenvalue weighted by Gasteiger charge is 2.30. The lowest BCUT2D eigenvalue weighted by Gasteiger charge is -2.37. The fourth-order valence-corrected chi connectivity index (χ4v) is 3.86. The summed E-state index contributed by atoms with van der Waals surface area (Å²) in [6.07, 6.45) is 3.30. The van der Waals surface area contributed by atoms with Crippen molar-refractivity contribution in [1.29, 1.82) is 0 Å². The van der Waals surface area contributed by atoms with Crippen molar-refractivity contribution < 1.29 is 8.42 Å². The van der Waals surface area contributed by atoms with Gasteiger partial charge in [-0.1, -0.05) is 0 Å². The molecule has 0 aliphatic carbocycles. The Bertz CT molecular complexity index is 589. The second-order valence-corrected chi connectivity index (χ2v) is 7.85. The third kappa shape index (κ3) is 4.05. The molecule has 2 rings (SSSR count). The Morgan fingerprint density at radius 1 is 1.24 bits per heavy atom. The topological polar surface area (TPSA) is 91.6 Å². The summed E-state index contributed by atoms with van der Waals surface area (Å²) in [6.45, 7) is 7.59. The summed E-state index contributed by atoms with van der Waals surface area (Å²) in [4.78, 5) is 6.05. The van der Waals surface area contributed by atoms with Gasteiger partial charge in [-0.3, -0.25) is 4.98 Å². The molecule has 2 heterocycles. The van der Waals surface area contributed by atoms with Gasteiger partial charge in [0.2, 0.25) is 0 Å². The van der Waals surface area contributed by atoms with Crippen molar-refractivity contribution in [2.75, 3.05) is 36.8 Å². The number of hydrogen-bond acceptors (Lipinski definition) is 5. The zero-order chi connectivity index (χ0) is 15.7. The van der Waals surface area contributed by atoms with E-state index in [1.807, 2.05) is 26.8 Å². The minimum atomic E-state index is -3.44. The summed E-state index contributed by atoms with van der Waals surface area (Å²) >= 11 is 0. The van der Waals surface area contributed by atoms with Gasteiger partial charge in [0.1, 0.15) is 0 Å². The molecule has 0 radical (unpaired) electrons. The van der Waals surface area contributed by atoms with E-state index in [-0.39, 0.29) is 0 Å². The maximum atomic E-state index is 12.3. The minimum Gasteiger partial charge on any atom is -0.396 e. The van der Waals surface area contributed by atoms with E-state index in [9.17, 15) is 8.42 Å². The fraction of sp³-hybridized carbons (Fsp3) is 0.615. The Morgan fingerprint density at radius 3 is 2.38 bits per heavy atom. The summed E-state index contributed by atoms with van der Waals surface area (Å²) in [5.74, 6) is 0. The number of nitrogen functional groups attached to an aromatic ring is 1. The van der Waals surface area contributed by atoms with Crippen molar-refractivity contribution in [3.8, 4) is 0 Å². The van der Waals surface area contributed by atoms with Gasteiger partial charge in [-0.05, 0) is 26.8 Å². The van der Waals surface area contributed by atoms with Gasteiger partial charge in [0.25, 0.3) is 10.2 Å². The van der Waals surface area contributed by atoms with E-state index in [2.05, 4.69) is 14.6 Å². The van der Waals surface area contributed by atoms with Gasteiger partial charge < -0.3 is 10.6 Å². The molecule has 0 bridgehead atoms. The first kappa shape index (κ1) is 16.0. The molecule has 1 saturated heterocycles. The van der Waals surface area contributed by atoms with E-state index in [0.717, 1.165) is 5.69 Å². The monoisotopic (exact) mass is 313 g/mol. The Hall–Kier alpha value is -1.38. The van der Waals surface area contributed by atoms with Crippen LogP contribution in [-0.2, 0) is 10.2 Å². The summed E-state index contributed by atoms with van der Waals surface area (Å²) in [5, 5.41) is 0. The first-order chi connectivity index (χ1) is 9.69. The van der Waals surface area contributed by atoms with Crippen LogP contribution in [0.25, 0.3) is 0 Å². The van der Waals surface area contributed by atoms with E-state index < -0.39 is 15.7 Å². The SMILES string of the molecule is CC(C)(C)NS(=O)(=O)N1CCN(c2ccncc2N)CC1. The zero-order valence-electron chi connectivity index (χ0n) is 12.7. The molecule has 1 aromatic heterocycles. The quantitative estimate of drug-likeness (QED) is 0.844. The molecule has 1 fully saturated rings. The molecule has 0 spiro atoms. The molecule has 0 atom stereocenters. The highest BCUT2D eigenvalue weighted by molar-refractivity contribution is 7.87. The summed E-state index contributed by atoms with van der Waals surface area (Å²) in [5.41, 5.74) is 6.95. The summed E-state index contributed by atoms with van der Waals surface area (Å²) < 4.78 is 28.7. The molecule has 0 amide bonds. The normalized spacial score (nSPS) is 18.0. The number of piperazine rings is 1. The molecule has 1 aromatic rings. The van der Waals surface area contributed by atoms with Gasteiger partial charge in [-0.2, -0.15) is 17.4 Å². The third-order valence-electron chi connectivity index (χ3n) is 3.18. The molecular weight excluding hydrogens is 290 g/mol. The van der Waals surface area contributed by atoms with Crippen LogP contribution in [-0.4, -0.2) is 49.4 Å². The predicted molar refractivity (Wildman–Crippen MR) is 84.2 cm³/mol. The second-order valence-electron chi connectivity index (χ2n) is 6.18. The molecule has 1 aliphatic heterocycles. The number of pyridine rings is 1. The average molecular weight is 313 g/mol. The molecule has 1 aliphatic rings. The van der Waals surface area contributed by atoms with Gasteiger partial charge in [0, 0.05) is 37.9 Å². The predicted octanol–water partition coefficient (Wildman–Crippen LogP) is 0.419. The number of anilines is 2. The number of rotatable bonds is 3. The zero-order valence-corrected chi connectivity index (χ0v) is 13.5. The fourth-order valence-electron chi connectivity index (χ4n) is 2.31. The Labute approximate surface area is 126 Å². The van der Waals surface area contributed by atoms with Crippen molar-refractivity contribution in [2.24, 2.45) is 0 Å². The standard InChI is InChI=1S/C13H23N5O2S/c1-13(2,3)16-21(19,20)18-8-6-17(7-9-18)12-4-5-15-10-11(12)14/h4-5,10,16H,6-9,14H2,1-3H3. The molecule has 118 valence electrons. The van der Waals surface area contributed by atoms with Gasteiger partial charge in [0.05, 0.1) is 17.6 Å². The molecule has 8 heteroatoms. The van der Waals surface area contributed by atoms with Crippen LogP contribution in [0, 0.1) is 0 Å². The largest absolute Gasteiger partial charge is 0.396 e. The molecule has 0 aromatic carbocycles. The first-order valence-corrected chi connectivity index (χ1v) is 8.36. The van der Waals surface area contributed by atoms with Crippen molar-refractivity contribution in [3.63, 3.8) is 0 Å². The molecular formula is C13H23N5O2S. The van der Waals surface area contributed by atoms with Gasteiger partial charge in [-0.25, -0.2) is 0 Å². The van der Waals surface area contributed by atoms with E-state index in [4.69, 9.17) is 5.73 Å². The van der Waals surface area contributed by atoms with E-state index in [1.54, 1.807) is 12.4 Å². The number of nitrogens with two attached hydrogens (primary N) is 1. The average Bonchev–Trinajstić information content (AvgIpc) is 2.37. The van der Waals surface area contributed by atoms with Gasteiger partial charge in [0.15, 0.2) is 0 Å². The lowest BCUT2D eigenvalue weighted by atomic mass is 10.1. The van der Waals surface area contributed by atoms with Crippen molar-refractivity contribution in [2.45, 2.75) is 26.3 Å². The smallest absolute Gasteiger partial charge is 0.280 e. The molecule has 21 heavy (non-hydrogen) atoms. The van der Waals surface area contributed by atoms with E-state index >= 15 is 0 Å². The maximum Gasteiger partial charge on any atom is 0.280 e. The number of nitrogens with zero attached hydrogens (tertiary/aromatic N) is 3. The van der Waals surface area contributed by atoms with Crippen LogP contribution in [0.5, 0.6) is 0 Å². The number of nitrogens with one attached hydrogen (secondary N) is 1. The Kier molecular flexibility index (Phi) is 4.40. The van der Waals surface area contributed by atoms with Crippen LogP contribution >= 0.6 is 0 Å². The van der Waals surface area contributed by atoms with Crippen LogP contribution in [0.15, 0.2) is 18.5 Å². The van der Waals surface area contributed by atoms with E-state index in [0.29, 0.717) is 31.9 Å². The Balaban J connectivity index is 2.02. The Morgan fingerprint density at radius 2 is 1.86 bits per heavy atom. The van der Waals surface area contributed by atoms with Crippen LogP contribution < -0.4 is 15.4 Å². The molecule has 0 saturated carbocycles. The highest BCUT2D eigenvalue weighted by Crippen LogP contribution is 2.23. The van der Waals surface area contributed by atoms with Crippen molar-refractivity contribution in [1.82, 2.24) is 14.0 Å². The van der Waals surface area contributed by atoms with Crippen LogP contribution in [0.3, 0.4) is 0 Å². The maximum absolute atomic E-state index is 12.3. The second kappa shape index (κ2) is 5.78. The lowest BCUT2D eigenvalue weighted by Crippen LogP contribution is -2.55. The third-order valence-corrected chi connectivity index (χ3v) is 5.10. The number of aromatic nitrogens is 1. The number of hydrogen-bond donors (Lipinski definition) is 2.